The normalized spacial score (nSPS) is 27.7. The molecule has 1 saturated carbocycles. The zero-order chi connectivity index (χ0) is 12.4. The van der Waals surface area contributed by atoms with Crippen LogP contribution in [0, 0.1) is 11.8 Å². The first-order chi connectivity index (χ1) is 8.86. The van der Waals surface area contributed by atoms with E-state index in [0.29, 0.717) is 0 Å². The van der Waals surface area contributed by atoms with Gasteiger partial charge in [-0.25, -0.2) is 4.98 Å². The Balaban J connectivity index is 1.72. The molecule has 2 atom stereocenters. The highest BCUT2D eigenvalue weighted by molar-refractivity contribution is 5.53. The molecule has 0 aromatic carbocycles. The van der Waals surface area contributed by atoms with Gasteiger partial charge in [-0.3, -0.25) is 0 Å². The molecule has 18 heavy (non-hydrogen) atoms. The monoisotopic (exact) mass is 245 g/mol. The molecule has 1 aromatic heterocycles. The lowest BCUT2D eigenvalue weighted by atomic mass is 9.75. The van der Waals surface area contributed by atoms with Gasteiger partial charge in [0, 0.05) is 38.1 Å². The fourth-order valence-electron chi connectivity index (χ4n) is 3.59. The number of pyridine rings is 1. The molecule has 0 bridgehead atoms. The van der Waals surface area contributed by atoms with E-state index in [4.69, 9.17) is 0 Å². The summed E-state index contributed by atoms with van der Waals surface area (Å²) in [5.74, 6) is 2.90. The van der Waals surface area contributed by atoms with Crippen molar-refractivity contribution >= 4 is 11.5 Å². The van der Waals surface area contributed by atoms with E-state index in [-0.39, 0.29) is 0 Å². The fraction of sp³-hybridized carbons (Fsp3) is 0.667. The Hall–Kier alpha value is -1.25. The first-order valence-corrected chi connectivity index (χ1v) is 7.25. The SMILES string of the molecule is CNc1cc(N2CCC3CCCCC3C2)ccn1. The summed E-state index contributed by atoms with van der Waals surface area (Å²) in [6.45, 7) is 2.46. The molecule has 2 heterocycles. The number of rotatable bonds is 2. The van der Waals surface area contributed by atoms with Crippen LogP contribution in [0.3, 0.4) is 0 Å². The molecule has 2 unspecified atom stereocenters. The lowest BCUT2D eigenvalue weighted by molar-refractivity contribution is 0.202. The predicted molar refractivity (Wildman–Crippen MR) is 76.1 cm³/mol. The zero-order valence-electron chi connectivity index (χ0n) is 11.2. The fourth-order valence-corrected chi connectivity index (χ4v) is 3.59. The Labute approximate surface area is 110 Å². The smallest absolute Gasteiger partial charge is 0.127 e. The lowest BCUT2D eigenvalue weighted by Crippen LogP contribution is -2.41. The Kier molecular flexibility index (Phi) is 3.39. The van der Waals surface area contributed by atoms with Crippen molar-refractivity contribution in [3.8, 4) is 0 Å². The van der Waals surface area contributed by atoms with E-state index in [2.05, 4.69) is 27.3 Å². The van der Waals surface area contributed by atoms with Gasteiger partial charge in [0.1, 0.15) is 5.82 Å². The summed E-state index contributed by atoms with van der Waals surface area (Å²) in [5.41, 5.74) is 1.33. The van der Waals surface area contributed by atoms with Gasteiger partial charge in [-0.2, -0.15) is 0 Å². The topological polar surface area (TPSA) is 28.2 Å². The molecule has 1 aliphatic heterocycles. The Morgan fingerprint density at radius 3 is 2.89 bits per heavy atom. The molecule has 1 saturated heterocycles. The molecule has 0 radical (unpaired) electrons. The molecule has 3 rings (SSSR count). The maximum absolute atomic E-state index is 4.30. The van der Waals surface area contributed by atoms with Crippen LogP contribution in [0.25, 0.3) is 0 Å². The Morgan fingerprint density at radius 1 is 1.22 bits per heavy atom. The maximum Gasteiger partial charge on any atom is 0.127 e. The maximum atomic E-state index is 4.30. The third-order valence-corrected chi connectivity index (χ3v) is 4.66. The molecule has 0 spiro atoms. The minimum absolute atomic E-state index is 0.929. The third kappa shape index (κ3) is 2.31. The predicted octanol–water partition coefficient (Wildman–Crippen LogP) is 3.14. The van der Waals surface area contributed by atoms with Gasteiger partial charge in [-0.15, -0.1) is 0 Å². The molecule has 1 N–H and O–H groups in total. The van der Waals surface area contributed by atoms with Gasteiger partial charge in [0.2, 0.25) is 0 Å². The van der Waals surface area contributed by atoms with Crippen molar-refractivity contribution in [3.63, 3.8) is 0 Å². The van der Waals surface area contributed by atoms with Crippen molar-refractivity contribution in [2.24, 2.45) is 11.8 Å². The second kappa shape index (κ2) is 5.17. The summed E-state index contributed by atoms with van der Waals surface area (Å²) in [4.78, 5) is 6.85. The molecule has 3 nitrogen and oxygen atoms in total. The molecule has 1 aromatic rings. The highest BCUT2D eigenvalue weighted by Crippen LogP contribution is 2.37. The number of hydrogen-bond acceptors (Lipinski definition) is 3. The lowest BCUT2D eigenvalue weighted by Gasteiger charge is -2.42. The number of nitrogens with zero attached hydrogens (tertiary/aromatic N) is 2. The second-order valence-corrected chi connectivity index (χ2v) is 5.69. The second-order valence-electron chi connectivity index (χ2n) is 5.69. The average molecular weight is 245 g/mol. The summed E-state index contributed by atoms with van der Waals surface area (Å²) in [6, 6.07) is 4.31. The van der Waals surface area contributed by atoms with Gasteiger partial charge in [0.15, 0.2) is 0 Å². The highest BCUT2D eigenvalue weighted by Gasteiger charge is 2.31. The van der Waals surface area contributed by atoms with Gasteiger partial charge in [0.25, 0.3) is 0 Å². The van der Waals surface area contributed by atoms with E-state index in [1.807, 2.05) is 13.2 Å². The molecule has 2 aliphatic rings. The van der Waals surface area contributed by atoms with Crippen LogP contribution in [0.2, 0.25) is 0 Å². The first kappa shape index (κ1) is 11.8. The Morgan fingerprint density at radius 2 is 2.06 bits per heavy atom. The summed E-state index contributed by atoms with van der Waals surface area (Å²) >= 11 is 0. The molecule has 0 amide bonds. The van der Waals surface area contributed by atoms with Crippen molar-refractivity contribution in [3.05, 3.63) is 18.3 Å². The molecule has 3 heteroatoms. The van der Waals surface area contributed by atoms with Crippen LogP contribution in [0.1, 0.15) is 32.1 Å². The molecule has 98 valence electrons. The van der Waals surface area contributed by atoms with Gasteiger partial charge >= 0.3 is 0 Å². The van der Waals surface area contributed by atoms with Gasteiger partial charge < -0.3 is 10.2 Å². The van der Waals surface area contributed by atoms with E-state index in [1.165, 1.54) is 50.9 Å². The molecular weight excluding hydrogens is 222 g/mol. The number of hydrogen-bond donors (Lipinski definition) is 1. The summed E-state index contributed by atoms with van der Waals surface area (Å²) in [7, 11) is 1.93. The summed E-state index contributed by atoms with van der Waals surface area (Å²) in [6.07, 6.45) is 9.09. The van der Waals surface area contributed by atoms with Gasteiger partial charge in [-0.05, 0) is 30.7 Å². The first-order valence-electron chi connectivity index (χ1n) is 7.25. The van der Waals surface area contributed by atoms with Crippen molar-refractivity contribution in [2.45, 2.75) is 32.1 Å². The molecule has 1 aliphatic carbocycles. The largest absolute Gasteiger partial charge is 0.373 e. The van der Waals surface area contributed by atoms with E-state index in [0.717, 1.165) is 17.7 Å². The van der Waals surface area contributed by atoms with Crippen LogP contribution in [0.4, 0.5) is 11.5 Å². The third-order valence-electron chi connectivity index (χ3n) is 4.66. The van der Waals surface area contributed by atoms with Crippen LogP contribution >= 0.6 is 0 Å². The standard InChI is InChI=1S/C15H23N3/c1-16-15-10-14(6-8-17-15)18-9-7-12-4-2-3-5-13(12)11-18/h6,8,10,12-13H,2-5,7,9,11H2,1H3,(H,16,17). The van der Waals surface area contributed by atoms with Crippen LogP contribution in [0.5, 0.6) is 0 Å². The molecular formula is C15H23N3. The van der Waals surface area contributed by atoms with Crippen LogP contribution < -0.4 is 10.2 Å². The Bertz CT molecular complexity index is 404. The van der Waals surface area contributed by atoms with Gasteiger partial charge in [-0.1, -0.05) is 19.3 Å². The van der Waals surface area contributed by atoms with Crippen molar-refractivity contribution in [2.75, 3.05) is 30.4 Å². The quantitative estimate of drug-likeness (QED) is 0.867. The number of piperidine rings is 1. The molecule has 2 fully saturated rings. The van der Waals surface area contributed by atoms with Crippen LogP contribution in [-0.2, 0) is 0 Å². The van der Waals surface area contributed by atoms with Crippen molar-refractivity contribution < 1.29 is 0 Å². The van der Waals surface area contributed by atoms with Gasteiger partial charge in [0.05, 0.1) is 0 Å². The minimum Gasteiger partial charge on any atom is -0.373 e. The zero-order valence-corrected chi connectivity index (χ0v) is 11.2. The number of anilines is 2. The van der Waals surface area contributed by atoms with Crippen molar-refractivity contribution in [1.29, 1.82) is 0 Å². The highest BCUT2D eigenvalue weighted by atomic mass is 15.1. The van der Waals surface area contributed by atoms with E-state index in [9.17, 15) is 0 Å². The van der Waals surface area contributed by atoms with E-state index in [1.54, 1.807) is 0 Å². The van der Waals surface area contributed by atoms with Crippen LogP contribution in [0.15, 0.2) is 18.3 Å². The van der Waals surface area contributed by atoms with Crippen LogP contribution in [-0.4, -0.2) is 25.1 Å². The average Bonchev–Trinajstić information content (AvgIpc) is 2.47. The minimum atomic E-state index is 0.929. The number of fused-ring (bicyclic) bond motifs is 1. The number of nitrogens with one attached hydrogen (secondary N) is 1. The summed E-state index contributed by atoms with van der Waals surface area (Å²) in [5, 5.41) is 3.12. The van der Waals surface area contributed by atoms with Crippen molar-refractivity contribution in [1.82, 2.24) is 4.98 Å². The summed E-state index contributed by atoms with van der Waals surface area (Å²) < 4.78 is 0. The van der Waals surface area contributed by atoms with E-state index >= 15 is 0 Å². The van der Waals surface area contributed by atoms with E-state index < -0.39 is 0 Å². The number of aromatic nitrogens is 1.